The molecule has 4 atom stereocenters. The van der Waals surface area contributed by atoms with E-state index < -0.39 is 4.75 Å². The molecule has 2 bridgehead atoms. The Morgan fingerprint density at radius 3 is 2.58 bits per heavy atom. The van der Waals surface area contributed by atoms with E-state index in [4.69, 9.17) is 0 Å². The molecule has 1 unspecified atom stereocenters. The van der Waals surface area contributed by atoms with Crippen molar-refractivity contribution in [2.24, 2.45) is 28.7 Å². The number of likely N-dealkylation sites (tertiary alicyclic amines) is 1. The first-order valence-electron chi connectivity index (χ1n) is 12.1. The SMILES string of the molecule is CC1(C2CCN(C(=O)CCc3ccccc3)CC2)SC(C[C@H]2C[C@@H]3CC[C@H]2C3)=NC1=O. The summed E-state index contributed by atoms with van der Waals surface area (Å²) < 4.78 is -0.424. The molecule has 2 amide bonds. The maximum Gasteiger partial charge on any atom is 0.263 e. The average molecular weight is 439 g/mol. The molecule has 31 heavy (non-hydrogen) atoms. The van der Waals surface area contributed by atoms with Gasteiger partial charge in [0.2, 0.25) is 5.91 Å². The minimum Gasteiger partial charge on any atom is -0.343 e. The predicted molar refractivity (Wildman–Crippen MR) is 126 cm³/mol. The van der Waals surface area contributed by atoms with Gasteiger partial charge < -0.3 is 4.90 Å². The summed E-state index contributed by atoms with van der Waals surface area (Å²) in [5.74, 6) is 3.19. The van der Waals surface area contributed by atoms with Crippen LogP contribution in [0.5, 0.6) is 0 Å². The zero-order valence-corrected chi connectivity index (χ0v) is 19.4. The van der Waals surface area contributed by atoms with Crippen molar-refractivity contribution in [1.82, 2.24) is 4.90 Å². The minimum atomic E-state index is -0.424. The van der Waals surface area contributed by atoms with Crippen LogP contribution < -0.4 is 0 Å². The van der Waals surface area contributed by atoms with Crippen molar-refractivity contribution < 1.29 is 9.59 Å². The van der Waals surface area contributed by atoms with Crippen LogP contribution in [0.4, 0.5) is 0 Å². The molecular weight excluding hydrogens is 404 g/mol. The standard InChI is InChI=1S/C26H34N2O2S/c1-26(25(30)27-23(31-26)17-21-16-19-7-9-20(21)15-19)22-11-13-28(14-12-22)24(29)10-8-18-5-3-2-4-6-18/h2-6,19-22H,7-17H2,1H3/t19-,20+,21-,26?/m1/s1. The summed E-state index contributed by atoms with van der Waals surface area (Å²) in [6, 6.07) is 10.2. The highest BCUT2D eigenvalue weighted by Gasteiger charge is 2.49. The van der Waals surface area contributed by atoms with E-state index in [0.717, 1.165) is 61.6 Å². The van der Waals surface area contributed by atoms with Crippen LogP contribution in [-0.2, 0) is 16.0 Å². The number of piperidine rings is 1. The monoisotopic (exact) mass is 438 g/mol. The van der Waals surface area contributed by atoms with Gasteiger partial charge in [0.05, 0.1) is 5.04 Å². The molecule has 1 aromatic carbocycles. The van der Waals surface area contributed by atoms with Crippen LogP contribution in [0.3, 0.4) is 0 Å². The minimum absolute atomic E-state index is 0.0736. The van der Waals surface area contributed by atoms with Gasteiger partial charge in [-0.3, -0.25) is 9.59 Å². The number of hydrogen-bond donors (Lipinski definition) is 0. The molecule has 0 radical (unpaired) electrons. The third-order valence-electron chi connectivity index (χ3n) is 8.40. The fraction of sp³-hybridized carbons (Fsp3) is 0.654. The van der Waals surface area contributed by atoms with Gasteiger partial charge in [0, 0.05) is 19.5 Å². The first-order chi connectivity index (χ1) is 15.0. The van der Waals surface area contributed by atoms with Crippen LogP contribution in [0.25, 0.3) is 0 Å². The topological polar surface area (TPSA) is 49.7 Å². The molecule has 2 aliphatic carbocycles. The molecule has 3 fully saturated rings. The van der Waals surface area contributed by atoms with Crippen LogP contribution >= 0.6 is 11.8 Å². The van der Waals surface area contributed by atoms with E-state index in [1.54, 1.807) is 11.8 Å². The van der Waals surface area contributed by atoms with Gasteiger partial charge in [-0.15, -0.1) is 0 Å². The van der Waals surface area contributed by atoms with Crippen molar-refractivity contribution >= 4 is 28.6 Å². The average Bonchev–Trinajstić information content (AvgIpc) is 3.48. The molecule has 0 aromatic heterocycles. The molecule has 1 saturated heterocycles. The molecule has 5 rings (SSSR count). The number of benzene rings is 1. The number of aliphatic imine (C=N–C) groups is 1. The van der Waals surface area contributed by atoms with E-state index in [0.29, 0.717) is 12.3 Å². The van der Waals surface area contributed by atoms with Crippen molar-refractivity contribution in [3.05, 3.63) is 35.9 Å². The van der Waals surface area contributed by atoms with E-state index in [9.17, 15) is 9.59 Å². The fourth-order valence-electron chi connectivity index (χ4n) is 6.47. The van der Waals surface area contributed by atoms with E-state index in [2.05, 4.69) is 24.0 Å². The lowest BCUT2D eigenvalue weighted by Crippen LogP contribution is -2.46. The Balaban J connectivity index is 1.11. The highest BCUT2D eigenvalue weighted by atomic mass is 32.2. The lowest BCUT2D eigenvalue weighted by Gasteiger charge is -2.38. The van der Waals surface area contributed by atoms with Crippen LogP contribution in [0.1, 0.15) is 63.9 Å². The molecule has 166 valence electrons. The van der Waals surface area contributed by atoms with Crippen molar-refractivity contribution in [2.45, 2.75) is 69.5 Å². The number of fused-ring (bicyclic) bond motifs is 2. The number of carbonyl (C=O) groups excluding carboxylic acids is 2. The smallest absolute Gasteiger partial charge is 0.263 e. The zero-order valence-electron chi connectivity index (χ0n) is 18.6. The Morgan fingerprint density at radius 2 is 1.90 bits per heavy atom. The summed E-state index contributed by atoms with van der Waals surface area (Å²) in [6.45, 7) is 3.64. The molecule has 4 nitrogen and oxygen atoms in total. The second-order valence-electron chi connectivity index (χ2n) is 10.3. The van der Waals surface area contributed by atoms with Crippen molar-refractivity contribution in [2.75, 3.05) is 13.1 Å². The number of thioether (sulfide) groups is 1. The lowest BCUT2D eigenvalue weighted by atomic mass is 9.84. The summed E-state index contributed by atoms with van der Waals surface area (Å²) in [4.78, 5) is 32.2. The van der Waals surface area contributed by atoms with Gasteiger partial charge in [0.1, 0.15) is 4.75 Å². The van der Waals surface area contributed by atoms with Crippen molar-refractivity contribution in [3.8, 4) is 0 Å². The highest BCUT2D eigenvalue weighted by Crippen LogP contribution is 2.52. The third kappa shape index (κ3) is 4.35. The maximum absolute atomic E-state index is 12.9. The summed E-state index contributed by atoms with van der Waals surface area (Å²) >= 11 is 1.76. The molecule has 5 heteroatoms. The maximum atomic E-state index is 12.9. The van der Waals surface area contributed by atoms with Gasteiger partial charge in [-0.05, 0) is 81.1 Å². The van der Waals surface area contributed by atoms with E-state index in [-0.39, 0.29) is 11.8 Å². The van der Waals surface area contributed by atoms with Crippen LogP contribution in [-0.4, -0.2) is 39.6 Å². The Morgan fingerprint density at radius 1 is 1.13 bits per heavy atom. The summed E-state index contributed by atoms with van der Waals surface area (Å²) in [5, 5.41) is 1.09. The molecule has 4 aliphatic rings. The molecule has 2 heterocycles. The Bertz CT molecular complexity index is 861. The number of nitrogens with zero attached hydrogens (tertiary/aromatic N) is 2. The number of carbonyl (C=O) groups is 2. The van der Waals surface area contributed by atoms with E-state index >= 15 is 0 Å². The predicted octanol–water partition coefficient (Wildman–Crippen LogP) is 5.11. The van der Waals surface area contributed by atoms with Gasteiger partial charge in [0.25, 0.3) is 5.91 Å². The number of amides is 2. The highest BCUT2D eigenvalue weighted by molar-refractivity contribution is 8.16. The van der Waals surface area contributed by atoms with Gasteiger partial charge in [-0.1, -0.05) is 48.5 Å². The van der Waals surface area contributed by atoms with Crippen LogP contribution in [0.15, 0.2) is 35.3 Å². The first kappa shape index (κ1) is 21.2. The second-order valence-corrected chi connectivity index (χ2v) is 11.8. The van der Waals surface area contributed by atoms with E-state index in [1.807, 2.05) is 23.1 Å². The Hall–Kier alpha value is -1.62. The van der Waals surface area contributed by atoms with Gasteiger partial charge in [-0.25, -0.2) is 4.99 Å². The number of hydrogen-bond acceptors (Lipinski definition) is 3. The van der Waals surface area contributed by atoms with Crippen LogP contribution in [0.2, 0.25) is 0 Å². The normalized spacial score (nSPS) is 33.2. The second kappa shape index (κ2) is 8.73. The molecule has 2 aliphatic heterocycles. The molecule has 2 saturated carbocycles. The van der Waals surface area contributed by atoms with Gasteiger partial charge >= 0.3 is 0 Å². The summed E-state index contributed by atoms with van der Waals surface area (Å²) in [5.41, 5.74) is 1.21. The molecular formula is C26H34N2O2S. The number of aryl methyl sites for hydroxylation is 1. The van der Waals surface area contributed by atoms with Gasteiger partial charge in [-0.2, -0.15) is 0 Å². The zero-order chi connectivity index (χ0) is 21.4. The van der Waals surface area contributed by atoms with Crippen molar-refractivity contribution in [1.29, 1.82) is 0 Å². The molecule has 0 spiro atoms. The molecule has 1 aromatic rings. The summed E-state index contributed by atoms with van der Waals surface area (Å²) in [7, 11) is 0. The van der Waals surface area contributed by atoms with E-state index in [1.165, 1.54) is 31.2 Å². The largest absolute Gasteiger partial charge is 0.343 e. The Kier molecular flexibility index (Phi) is 5.98. The summed E-state index contributed by atoms with van der Waals surface area (Å²) in [6.07, 6.45) is 9.75. The lowest BCUT2D eigenvalue weighted by molar-refractivity contribution is -0.132. The van der Waals surface area contributed by atoms with Crippen LogP contribution in [0, 0.1) is 23.7 Å². The molecule has 0 N–H and O–H groups in total. The fourth-order valence-corrected chi connectivity index (χ4v) is 7.92. The Labute approximate surface area is 190 Å². The first-order valence-corrected chi connectivity index (χ1v) is 13.0. The van der Waals surface area contributed by atoms with Crippen molar-refractivity contribution in [3.63, 3.8) is 0 Å². The number of rotatable bonds is 6. The third-order valence-corrected chi connectivity index (χ3v) is 9.82. The van der Waals surface area contributed by atoms with Gasteiger partial charge in [0.15, 0.2) is 0 Å². The quantitative estimate of drug-likeness (QED) is 0.620.